The average molecular weight is 737 g/mol. The number of hydrogen-bond donors (Lipinski definition) is 4. The molecule has 11 heteroatoms. The average Bonchev–Trinajstić information content (AvgIpc) is 3.17. The molecular weight excluding hydrogens is 687 g/mol. The fraction of sp³-hybridized carbons (Fsp3) is 0.405. The van der Waals surface area contributed by atoms with Crippen LogP contribution in [-0.2, 0) is 19.8 Å². The molecule has 0 bridgehead atoms. The third-order valence-corrected chi connectivity index (χ3v) is 10.2. The highest BCUT2D eigenvalue weighted by atomic mass is 28.1. The van der Waals surface area contributed by atoms with Crippen LogP contribution < -0.4 is 24.3 Å². The summed E-state index contributed by atoms with van der Waals surface area (Å²) in [6.07, 6.45) is -0.552. The van der Waals surface area contributed by atoms with Gasteiger partial charge in [0.25, 0.3) is 0 Å². The summed E-state index contributed by atoms with van der Waals surface area (Å²) in [6.45, 7) is 8.26. The van der Waals surface area contributed by atoms with Gasteiger partial charge in [-0.05, 0) is 116 Å². The minimum absolute atomic E-state index is 0.136. The quantitative estimate of drug-likeness (QED) is 0.0748. The Morgan fingerprint density at radius 2 is 1.68 bits per heavy atom. The van der Waals surface area contributed by atoms with Gasteiger partial charge in [0.1, 0.15) is 37.9 Å². The van der Waals surface area contributed by atoms with Gasteiger partial charge in [-0.3, -0.25) is 0 Å². The highest BCUT2D eigenvalue weighted by Crippen LogP contribution is 2.37. The summed E-state index contributed by atoms with van der Waals surface area (Å²) in [5, 5.41) is 42.1. The Morgan fingerprint density at radius 1 is 0.906 bits per heavy atom. The van der Waals surface area contributed by atoms with E-state index in [0.717, 1.165) is 69.2 Å². The normalized spacial score (nSPS) is 14.0. The first kappa shape index (κ1) is 39.8. The van der Waals surface area contributed by atoms with Crippen LogP contribution in [0.25, 0.3) is 11.1 Å². The zero-order valence-corrected chi connectivity index (χ0v) is 31.8. The van der Waals surface area contributed by atoms with E-state index in [1.807, 2.05) is 49.4 Å². The minimum Gasteiger partial charge on any atom is -0.488 e. The molecule has 0 spiro atoms. The number of aliphatic hydroxyl groups excluding tert-OH is 3. The lowest BCUT2D eigenvalue weighted by atomic mass is 9.96. The van der Waals surface area contributed by atoms with Crippen LogP contribution in [0.15, 0.2) is 72.8 Å². The van der Waals surface area contributed by atoms with Gasteiger partial charge < -0.3 is 44.5 Å². The Bertz CT molecular complexity index is 1850. The monoisotopic (exact) mass is 736 g/mol. The Kier molecular flexibility index (Phi) is 14.7. The molecule has 53 heavy (non-hydrogen) atoms. The molecule has 0 fully saturated rings. The van der Waals surface area contributed by atoms with E-state index in [1.165, 1.54) is 0 Å². The molecule has 279 valence electrons. The molecule has 0 saturated carbocycles. The maximum Gasteiger partial charge on any atom is 0.161 e. The first-order valence-corrected chi connectivity index (χ1v) is 18.7. The Labute approximate surface area is 316 Å². The van der Waals surface area contributed by atoms with Crippen LogP contribution in [0.1, 0.15) is 46.2 Å². The maximum absolute atomic E-state index is 10.4. The molecule has 0 aliphatic carbocycles. The smallest absolute Gasteiger partial charge is 0.161 e. The van der Waals surface area contributed by atoms with Gasteiger partial charge >= 0.3 is 0 Å². The van der Waals surface area contributed by atoms with Gasteiger partial charge in [0.2, 0.25) is 0 Å². The fourth-order valence-corrected chi connectivity index (χ4v) is 6.63. The predicted octanol–water partition coefficient (Wildman–Crippen LogP) is 5.24. The Morgan fingerprint density at radius 3 is 2.47 bits per heavy atom. The van der Waals surface area contributed by atoms with Crippen molar-refractivity contribution in [2.75, 3.05) is 46.5 Å². The number of fused-ring (bicyclic) bond motifs is 1. The van der Waals surface area contributed by atoms with Crippen LogP contribution in [0.4, 0.5) is 0 Å². The second-order valence-corrected chi connectivity index (χ2v) is 14.2. The standard InChI is InChI=1S/C42H50N3O7Si/c1-28-19-34(25-45(3)15-6-14-44-24-37(48)42(53)36(47)13-16-46)40(51-26-31-8-4-7-30(20-31)23-43)22-39(28)52-27-33-9-5-10-35(29(33)2)32-11-12-38-41(21-32)50-18-17-49-38/h4-5,7-12,19-22,36-37,42,44,46-48H,6,13-18,24-27H2,1-3H3/t36-,37+,42?/m1/s1. The summed E-state index contributed by atoms with van der Waals surface area (Å²) < 4.78 is 24.5. The van der Waals surface area contributed by atoms with E-state index in [1.54, 1.807) is 6.07 Å². The van der Waals surface area contributed by atoms with E-state index >= 15 is 0 Å². The van der Waals surface area contributed by atoms with Crippen molar-refractivity contribution < 1.29 is 34.3 Å². The van der Waals surface area contributed by atoms with Crippen molar-refractivity contribution in [1.29, 1.82) is 5.26 Å². The highest BCUT2D eigenvalue weighted by molar-refractivity contribution is 6.12. The maximum atomic E-state index is 10.4. The molecule has 0 saturated heterocycles. The van der Waals surface area contributed by atoms with E-state index in [4.69, 9.17) is 24.1 Å². The molecule has 4 N–H and O–H groups in total. The molecule has 1 aliphatic rings. The second-order valence-electron chi connectivity index (χ2n) is 13.5. The van der Waals surface area contributed by atoms with Gasteiger partial charge in [-0.2, -0.15) is 5.26 Å². The fourth-order valence-electron chi connectivity index (χ4n) is 6.34. The lowest BCUT2D eigenvalue weighted by Crippen LogP contribution is -2.36. The number of aliphatic hydroxyl groups is 3. The molecule has 4 aromatic carbocycles. The van der Waals surface area contributed by atoms with Crippen LogP contribution >= 0.6 is 0 Å². The van der Waals surface area contributed by atoms with Gasteiger partial charge in [0.05, 0.1) is 23.8 Å². The summed E-state index contributed by atoms with van der Waals surface area (Å²) in [5.74, 6) is 2.98. The van der Waals surface area contributed by atoms with Gasteiger partial charge in [-0.1, -0.05) is 36.4 Å². The SMILES string of the molecule is Cc1cc(CN(C)CCCNC[C@H](O)C([Si])[C@H](O)CCO)c(OCc2cccc(C#N)c2)cc1OCc1cccc(-c2ccc3c(c2)OCCO3)c1C. The number of benzene rings is 4. The molecule has 1 heterocycles. The first-order valence-electron chi connectivity index (χ1n) is 18.1. The molecule has 1 unspecified atom stereocenters. The highest BCUT2D eigenvalue weighted by Gasteiger charge is 2.22. The van der Waals surface area contributed by atoms with E-state index in [9.17, 15) is 15.5 Å². The molecule has 0 amide bonds. The number of hydrogen-bond acceptors (Lipinski definition) is 10. The summed E-state index contributed by atoms with van der Waals surface area (Å²) in [6, 6.07) is 26.0. The van der Waals surface area contributed by atoms with E-state index in [-0.39, 0.29) is 13.0 Å². The lowest BCUT2D eigenvalue weighted by Gasteiger charge is -2.24. The summed E-state index contributed by atoms with van der Waals surface area (Å²) in [7, 11) is 5.45. The number of nitrogens with one attached hydrogen (secondary N) is 1. The van der Waals surface area contributed by atoms with Crippen molar-refractivity contribution in [3.05, 3.63) is 106 Å². The number of ether oxygens (including phenoxy) is 4. The van der Waals surface area contributed by atoms with Gasteiger partial charge in [0, 0.05) is 41.6 Å². The Balaban J connectivity index is 1.25. The van der Waals surface area contributed by atoms with Crippen molar-refractivity contribution in [3.8, 4) is 40.2 Å². The molecule has 3 atom stereocenters. The molecular formula is C42H50N3O7Si. The van der Waals surface area contributed by atoms with Gasteiger partial charge in [-0.25, -0.2) is 0 Å². The second kappa shape index (κ2) is 19.6. The van der Waals surface area contributed by atoms with Crippen LogP contribution in [0.2, 0.25) is 5.54 Å². The Hall–Kier alpha value is -4.41. The van der Waals surface area contributed by atoms with E-state index < -0.39 is 17.7 Å². The van der Waals surface area contributed by atoms with Crippen LogP contribution in [0, 0.1) is 25.2 Å². The van der Waals surface area contributed by atoms with Crippen molar-refractivity contribution in [2.45, 2.75) is 64.2 Å². The third kappa shape index (κ3) is 11.1. The van der Waals surface area contributed by atoms with Crippen molar-refractivity contribution in [1.82, 2.24) is 10.2 Å². The van der Waals surface area contributed by atoms with E-state index in [0.29, 0.717) is 57.4 Å². The third-order valence-electron chi connectivity index (χ3n) is 9.43. The van der Waals surface area contributed by atoms with E-state index in [2.05, 4.69) is 64.8 Å². The van der Waals surface area contributed by atoms with Gasteiger partial charge in [-0.15, -0.1) is 0 Å². The summed E-state index contributed by atoms with van der Waals surface area (Å²) in [4.78, 5) is 2.22. The molecule has 1 aliphatic heterocycles. The number of aryl methyl sites for hydroxylation is 1. The first-order chi connectivity index (χ1) is 25.7. The predicted molar refractivity (Wildman–Crippen MR) is 206 cm³/mol. The number of nitrogens with zero attached hydrogens (tertiary/aromatic N) is 2. The summed E-state index contributed by atoms with van der Waals surface area (Å²) >= 11 is 0. The molecule has 4 aromatic rings. The number of nitriles is 1. The molecule has 10 nitrogen and oxygen atoms in total. The topological polar surface area (TPSA) is 137 Å². The van der Waals surface area contributed by atoms with Crippen LogP contribution in [-0.4, -0.2) is 89.2 Å². The zero-order valence-electron chi connectivity index (χ0n) is 30.8. The molecule has 3 radical (unpaired) electrons. The number of rotatable bonds is 19. The minimum atomic E-state index is -0.821. The molecule has 0 aromatic heterocycles. The van der Waals surface area contributed by atoms with Crippen LogP contribution in [0.5, 0.6) is 23.0 Å². The van der Waals surface area contributed by atoms with Gasteiger partial charge in [0.15, 0.2) is 11.5 Å². The van der Waals surface area contributed by atoms with Crippen molar-refractivity contribution in [3.63, 3.8) is 0 Å². The lowest BCUT2D eigenvalue weighted by molar-refractivity contribution is 0.0653. The zero-order chi connectivity index (χ0) is 37.7. The summed E-state index contributed by atoms with van der Waals surface area (Å²) in [5.41, 5.74) is 7.36. The van der Waals surface area contributed by atoms with Crippen molar-refractivity contribution >= 4 is 10.2 Å². The molecule has 5 rings (SSSR count). The largest absolute Gasteiger partial charge is 0.488 e. The van der Waals surface area contributed by atoms with Crippen molar-refractivity contribution in [2.24, 2.45) is 0 Å². The van der Waals surface area contributed by atoms with Crippen LogP contribution in [0.3, 0.4) is 0 Å².